The molecule has 4 N–H and O–H groups in total. The normalized spacial score (nSPS) is 11.1. The van der Waals surface area contributed by atoms with E-state index in [1.165, 1.54) is 18.2 Å². The molecule has 0 aliphatic rings. The highest BCUT2D eigenvalue weighted by Crippen LogP contribution is 2.30. The number of benzene rings is 2. The van der Waals surface area contributed by atoms with Gasteiger partial charge in [0.1, 0.15) is 11.5 Å². The Morgan fingerprint density at radius 2 is 1.54 bits per heavy atom. The molecule has 192 valence electrons. The number of aryl methyl sites for hydroxylation is 1. The van der Waals surface area contributed by atoms with Crippen molar-refractivity contribution in [1.29, 1.82) is 0 Å². The molecule has 0 spiro atoms. The lowest BCUT2D eigenvalue weighted by Crippen LogP contribution is -2.34. The number of hydrogen-bond acceptors (Lipinski definition) is 6. The van der Waals surface area contributed by atoms with Gasteiger partial charge in [-0.05, 0) is 49.4 Å². The first-order chi connectivity index (χ1) is 17.5. The average Bonchev–Trinajstić information content (AvgIpc) is 3.31. The number of halogens is 3. The van der Waals surface area contributed by atoms with Gasteiger partial charge in [-0.3, -0.25) is 19.2 Å². The SMILES string of the molecule is Cc1ccc(NC(=O)C(=O)NCc2ccc(/C=N/NC(=O)C(=O)Nc3cccc(C(F)(F)F)c3)o2)cc1. The topological polar surface area (TPSA) is 142 Å². The Balaban J connectivity index is 1.44. The number of rotatable bonds is 6. The van der Waals surface area contributed by atoms with E-state index in [1.54, 1.807) is 24.3 Å². The molecule has 0 saturated heterocycles. The molecule has 0 aliphatic heterocycles. The van der Waals surface area contributed by atoms with E-state index in [2.05, 4.69) is 15.7 Å². The van der Waals surface area contributed by atoms with E-state index >= 15 is 0 Å². The van der Waals surface area contributed by atoms with Crippen molar-refractivity contribution < 1.29 is 36.8 Å². The fraction of sp³-hybridized carbons (Fsp3) is 0.125. The van der Waals surface area contributed by atoms with Gasteiger partial charge in [0, 0.05) is 11.4 Å². The standard InChI is InChI=1S/C24H20F3N5O5/c1-14-5-7-16(8-6-14)30-21(34)20(33)28-12-18-9-10-19(37-18)13-29-32-23(36)22(35)31-17-4-2-3-15(11-17)24(25,26)27/h2-11,13H,12H2,1H3,(H,28,33)(H,30,34)(H,31,35)(H,32,36)/b29-13+. The molecule has 4 amide bonds. The summed E-state index contributed by atoms with van der Waals surface area (Å²) in [5.41, 5.74) is 2.17. The maximum Gasteiger partial charge on any atom is 0.416 e. The lowest BCUT2D eigenvalue weighted by Gasteiger charge is -2.09. The van der Waals surface area contributed by atoms with Crippen molar-refractivity contribution in [3.05, 3.63) is 83.3 Å². The first-order valence-corrected chi connectivity index (χ1v) is 10.6. The zero-order chi connectivity index (χ0) is 27.0. The molecule has 1 aromatic heterocycles. The highest BCUT2D eigenvalue weighted by molar-refractivity contribution is 6.40. The van der Waals surface area contributed by atoms with Gasteiger partial charge in [0.05, 0.1) is 18.3 Å². The van der Waals surface area contributed by atoms with Gasteiger partial charge in [-0.1, -0.05) is 23.8 Å². The Kier molecular flexibility index (Phi) is 8.40. The minimum Gasteiger partial charge on any atom is -0.458 e. The molecule has 37 heavy (non-hydrogen) atoms. The van der Waals surface area contributed by atoms with Crippen molar-refractivity contribution in [2.75, 3.05) is 10.6 Å². The predicted octanol–water partition coefficient (Wildman–Crippen LogP) is 2.95. The average molecular weight is 515 g/mol. The number of alkyl halides is 3. The summed E-state index contributed by atoms with van der Waals surface area (Å²) in [6, 6.07) is 13.6. The van der Waals surface area contributed by atoms with Crippen LogP contribution in [0, 0.1) is 6.92 Å². The van der Waals surface area contributed by atoms with E-state index in [1.807, 2.05) is 17.7 Å². The molecule has 0 saturated carbocycles. The number of hydrogen-bond donors (Lipinski definition) is 4. The number of anilines is 2. The second-order valence-electron chi connectivity index (χ2n) is 7.54. The highest BCUT2D eigenvalue weighted by Gasteiger charge is 2.30. The molecule has 0 bridgehead atoms. The molecule has 0 unspecified atom stereocenters. The van der Waals surface area contributed by atoms with Gasteiger partial charge in [0.2, 0.25) is 0 Å². The quantitative estimate of drug-likeness (QED) is 0.227. The van der Waals surface area contributed by atoms with Crippen LogP contribution in [0.2, 0.25) is 0 Å². The third-order valence-electron chi connectivity index (χ3n) is 4.63. The maximum atomic E-state index is 12.7. The number of amides is 4. The number of carbonyl (C=O) groups is 4. The molecular formula is C24H20F3N5O5. The van der Waals surface area contributed by atoms with Crippen molar-refractivity contribution in [2.24, 2.45) is 5.10 Å². The second-order valence-corrected chi connectivity index (χ2v) is 7.54. The number of furan rings is 1. The lowest BCUT2D eigenvalue weighted by molar-refractivity contribution is -0.137. The Labute approximate surface area is 207 Å². The van der Waals surface area contributed by atoms with E-state index in [4.69, 9.17) is 4.42 Å². The molecule has 2 aromatic carbocycles. The van der Waals surface area contributed by atoms with Crippen LogP contribution < -0.4 is 21.4 Å². The molecule has 0 radical (unpaired) electrons. The van der Waals surface area contributed by atoms with Crippen LogP contribution in [-0.4, -0.2) is 29.8 Å². The molecular weight excluding hydrogens is 495 g/mol. The summed E-state index contributed by atoms with van der Waals surface area (Å²) in [5, 5.41) is 10.4. The summed E-state index contributed by atoms with van der Waals surface area (Å²) in [6.45, 7) is 1.77. The van der Waals surface area contributed by atoms with E-state index in [9.17, 15) is 32.3 Å². The number of carbonyl (C=O) groups excluding carboxylic acids is 4. The second kappa shape index (κ2) is 11.7. The summed E-state index contributed by atoms with van der Waals surface area (Å²) in [4.78, 5) is 47.7. The van der Waals surface area contributed by atoms with E-state index in [-0.39, 0.29) is 23.8 Å². The van der Waals surface area contributed by atoms with Crippen LogP contribution in [0.1, 0.15) is 22.6 Å². The van der Waals surface area contributed by atoms with Crippen LogP contribution in [0.15, 0.2) is 70.2 Å². The zero-order valence-electron chi connectivity index (χ0n) is 19.2. The predicted molar refractivity (Wildman–Crippen MR) is 126 cm³/mol. The van der Waals surface area contributed by atoms with E-state index in [0.717, 1.165) is 23.9 Å². The number of nitrogens with one attached hydrogen (secondary N) is 4. The Bertz CT molecular complexity index is 1330. The smallest absolute Gasteiger partial charge is 0.416 e. The monoisotopic (exact) mass is 515 g/mol. The van der Waals surface area contributed by atoms with Gasteiger partial charge in [-0.15, -0.1) is 0 Å². The molecule has 10 nitrogen and oxygen atoms in total. The first kappa shape index (κ1) is 26.7. The van der Waals surface area contributed by atoms with Gasteiger partial charge >= 0.3 is 29.8 Å². The molecule has 13 heteroatoms. The van der Waals surface area contributed by atoms with Gasteiger partial charge < -0.3 is 20.4 Å². The minimum absolute atomic E-state index is 0.111. The van der Waals surface area contributed by atoms with Crippen molar-refractivity contribution in [3.8, 4) is 0 Å². The fourth-order valence-electron chi connectivity index (χ4n) is 2.80. The van der Waals surface area contributed by atoms with Gasteiger partial charge in [-0.25, -0.2) is 5.43 Å². The van der Waals surface area contributed by atoms with Crippen LogP contribution in [-0.2, 0) is 31.9 Å². The van der Waals surface area contributed by atoms with Gasteiger partial charge in [0.15, 0.2) is 0 Å². The summed E-state index contributed by atoms with van der Waals surface area (Å²) >= 11 is 0. The number of hydrazone groups is 1. The summed E-state index contributed by atoms with van der Waals surface area (Å²) in [6.07, 6.45) is -3.54. The Hall–Kier alpha value is -4.94. The fourth-order valence-corrected chi connectivity index (χ4v) is 2.80. The first-order valence-electron chi connectivity index (χ1n) is 10.6. The summed E-state index contributed by atoms with van der Waals surface area (Å²) in [7, 11) is 0. The van der Waals surface area contributed by atoms with Crippen LogP contribution >= 0.6 is 0 Å². The van der Waals surface area contributed by atoms with Crippen molar-refractivity contribution in [3.63, 3.8) is 0 Å². The Morgan fingerprint density at radius 1 is 0.865 bits per heavy atom. The van der Waals surface area contributed by atoms with Gasteiger partial charge in [-0.2, -0.15) is 18.3 Å². The molecule has 0 aliphatic carbocycles. The largest absolute Gasteiger partial charge is 0.458 e. The van der Waals surface area contributed by atoms with Crippen LogP contribution in [0.5, 0.6) is 0 Å². The molecule has 3 rings (SSSR count). The third kappa shape index (κ3) is 8.06. The number of nitrogens with zero attached hydrogens (tertiary/aromatic N) is 1. The van der Waals surface area contributed by atoms with Gasteiger partial charge in [0.25, 0.3) is 0 Å². The molecule has 3 aromatic rings. The molecule has 1 heterocycles. The van der Waals surface area contributed by atoms with Crippen molar-refractivity contribution in [2.45, 2.75) is 19.6 Å². The Morgan fingerprint density at radius 3 is 2.24 bits per heavy atom. The van der Waals surface area contributed by atoms with Crippen LogP contribution in [0.25, 0.3) is 0 Å². The zero-order valence-corrected chi connectivity index (χ0v) is 19.2. The molecule has 0 fully saturated rings. The van der Waals surface area contributed by atoms with Crippen molar-refractivity contribution >= 4 is 41.2 Å². The lowest BCUT2D eigenvalue weighted by atomic mass is 10.2. The van der Waals surface area contributed by atoms with Crippen molar-refractivity contribution in [1.82, 2.24) is 10.7 Å². The highest BCUT2D eigenvalue weighted by atomic mass is 19.4. The summed E-state index contributed by atoms with van der Waals surface area (Å²) in [5.74, 6) is -3.79. The van der Waals surface area contributed by atoms with E-state index in [0.29, 0.717) is 11.8 Å². The maximum absolute atomic E-state index is 12.7. The third-order valence-corrected chi connectivity index (χ3v) is 4.63. The molecule has 0 atom stereocenters. The van der Waals surface area contributed by atoms with Crippen LogP contribution in [0.4, 0.5) is 24.5 Å². The summed E-state index contributed by atoms with van der Waals surface area (Å²) < 4.78 is 43.6. The van der Waals surface area contributed by atoms with Crippen LogP contribution in [0.3, 0.4) is 0 Å². The van der Waals surface area contributed by atoms with E-state index < -0.39 is 35.4 Å². The minimum atomic E-state index is -4.61.